The molecule has 9 nitrogen and oxygen atoms in total. The van der Waals surface area contributed by atoms with Gasteiger partial charge in [-0.05, 0) is 27.2 Å². The summed E-state index contributed by atoms with van der Waals surface area (Å²) in [7, 11) is 0. The fourth-order valence-electron chi connectivity index (χ4n) is 1.76. The van der Waals surface area contributed by atoms with E-state index in [1.54, 1.807) is 6.92 Å². The molecule has 0 amide bonds. The van der Waals surface area contributed by atoms with E-state index in [2.05, 4.69) is 0 Å². The van der Waals surface area contributed by atoms with E-state index in [0.29, 0.717) is 0 Å². The molecule has 140 valence electrons. The van der Waals surface area contributed by atoms with Crippen LogP contribution in [0.4, 0.5) is 0 Å². The maximum Gasteiger partial charge on any atom is 0.423 e. The van der Waals surface area contributed by atoms with Crippen molar-refractivity contribution in [2.24, 2.45) is 0 Å². The first-order chi connectivity index (χ1) is 11.5. The molecule has 0 saturated carbocycles. The molecule has 0 radical (unpaired) electrons. The minimum Gasteiger partial charge on any atom is -0.388 e. The third-order valence-electron chi connectivity index (χ3n) is 2.54. The Kier molecular flexibility index (Phi) is 9.25. The van der Waals surface area contributed by atoms with Gasteiger partial charge in [0.1, 0.15) is 36.6 Å². The summed E-state index contributed by atoms with van der Waals surface area (Å²) in [5.41, 5.74) is 0. The number of esters is 3. The van der Waals surface area contributed by atoms with E-state index in [-0.39, 0.29) is 12.8 Å². The predicted molar refractivity (Wildman–Crippen MR) is 81.8 cm³/mol. The lowest BCUT2D eigenvalue weighted by Gasteiger charge is -2.30. The van der Waals surface area contributed by atoms with Crippen molar-refractivity contribution in [3.8, 4) is 0 Å². The van der Waals surface area contributed by atoms with Crippen LogP contribution in [0.3, 0.4) is 0 Å². The van der Waals surface area contributed by atoms with Crippen LogP contribution in [0, 0.1) is 0 Å². The van der Waals surface area contributed by atoms with Crippen molar-refractivity contribution in [3.05, 3.63) is 0 Å². The van der Waals surface area contributed by atoms with Crippen molar-refractivity contribution in [3.63, 3.8) is 0 Å². The average Bonchev–Trinajstić information content (AvgIpc) is 2.34. The number of ketones is 3. The Morgan fingerprint density at radius 2 is 0.920 bits per heavy atom. The summed E-state index contributed by atoms with van der Waals surface area (Å²) in [6, 6.07) is 0. The summed E-state index contributed by atoms with van der Waals surface area (Å²) in [4.78, 5) is 68.5. The molecule has 0 saturated heterocycles. The molecule has 0 atom stereocenters. The van der Waals surface area contributed by atoms with Gasteiger partial charge in [-0.1, -0.05) is 6.92 Å². The summed E-state index contributed by atoms with van der Waals surface area (Å²) in [6.07, 6.45) is -1.85. The largest absolute Gasteiger partial charge is 0.423 e. The molecule has 0 aliphatic heterocycles. The average molecular weight is 358 g/mol. The predicted octanol–water partition coefficient (Wildman–Crippen LogP) is 1.01. The van der Waals surface area contributed by atoms with Crippen LogP contribution in [0.2, 0.25) is 0 Å². The molecule has 0 spiro atoms. The third-order valence-corrected chi connectivity index (χ3v) is 2.54. The molecule has 25 heavy (non-hydrogen) atoms. The van der Waals surface area contributed by atoms with E-state index in [0.717, 1.165) is 20.8 Å². The SMILES string of the molecule is CCCC(OC(=O)CC(C)=O)(OC(=O)CC(C)=O)OC(=O)CC(C)=O. The smallest absolute Gasteiger partial charge is 0.388 e. The Morgan fingerprint density at radius 3 is 1.12 bits per heavy atom. The number of carbonyl (C=O) groups excluding carboxylic acids is 6. The van der Waals surface area contributed by atoms with E-state index in [1.165, 1.54) is 0 Å². The van der Waals surface area contributed by atoms with Gasteiger partial charge in [0.05, 0.1) is 6.42 Å². The fourth-order valence-corrected chi connectivity index (χ4v) is 1.76. The van der Waals surface area contributed by atoms with Crippen molar-refractivity contribution in [2.45, 2.75) is 65.8 Å². The fraction of sp³-hybridized carbons (Fsp3) is 0.625. The number of rotatable bonds is 11. The highest BCUT2D eigenvalue weighted by molar-refractivity contribution is 5.96. The van der Waals surface area contributed by atoms with Crippen molar-refractivity contribution in [1.82, 2.24) is 0 Å². The lowest BCUT2D eigenvalue weighted by molar-refractivity contribution is -0.331. The lowest BCUT2D eigenvalue weighted by atomic mass is 10.2. The highest BCUT2D eigenvalue weighted by Gasteiger charge is 2.43. The summed E-state index contributed by atoms with van der Waals surface area (Å²) in [6.45, 7) is 5.07. The number of Topliss-reactive ketones (excluding diaryl/α,β-unsaturated/α-hetero) is 3. The molecular formula is C16H22O9. The van der Waals surface area contributed by atoms with E-state index < -0.39 is 60.5 Å². The molecular weight excluding hydrogens is 336 g/mol. The summed E-state index contributed by atoms with van der Waals surface area (Å²) in [5.74, 6) is -7.20. The molecule has 0 rings (SSSR count). The first kappa shape index (κ1) is 22.4. The summed E-state index contributed by atoms with van der Waals surface area (Å²) in [5, 5.41) is 0. The zero-order valence-electron chi connectivity index (χ0n) is 14.7. The monoisotopic (exact) mass is 358 g/mol. The molecule has 0 N–H and O–H groups in total. The van der Waals surface area contributed by atoms with Gasteiger partial charge in [-0.15, -0.1) is 0 Å². The molecule has 0 aliphatic rings. The van der Waals surface area contributed by atoms with Crippen molar-refractivity contribution >= 4 is 35.3 Å². The van der Waals surface area contributed by atoms with Gasteiger partial charge in [0.25, 0.3) is 0 Å². The number of carbonyl (C=O) groups is 6. The molecule has 0 unspecified atom stereocenters. The van der Waals surface area contributed by atoms with Crippen LogP contribution in [0.5, 0.6) is 0 Å². The molecule has 9 heteroatoms. The van der Waals surface area contributed by atoms with Crippen LogP contribution in [0.1, 0.15) is 59.8 Å². The van der Waals surface area contributed by atoms with Crippen LogP contribution < -0.4 is 0 Å². The zero-order chi connectivity index (χ0) is 19.6. The Balaban J connectivity index is 5.48. The molecule has 0 fully saturated rings. The van der Waals surface area contributed by atoms with Gasteiger partial charge in [0.2, 0.25) is 0 Å². The Labute approximate surface area is 145 Å². The van der Waals surface area contributed by atoms with E-state index in [4.69, 9.17) is 14.2 Å². The van der Waals surface area contributed by atoms with Gasteiger partial charge in [0, 0.05) is 0 Å². The molecule has 0 aromatic carbocycles. The van der Waals surface area contributed by atoms with Gasteiger partial charge in [-0.25, -0.2) is 0 Å². The highest BCUT2D eigenvalue weighted by atomic mass is 16.9. The van der Waals surface area contributed by atoms with Crippen LogP contribution in [-0.4, -0.2) is 41.2 Å². The first-order valence-electron chi connectivity index (χ1n) is 7.63. The maximum atomic E-state index is 11.8. The van der Waals surface area contributed by atoms with Crippen LogP contribution in [-0.2, 0) is 43.0 Å². The Bertz CT molecular complexity index is 488. The van der Waals surface area contributed by atoms with Crippen LogP contribution in [0.15, 0.2) is 0 Å². The minimum atomic E-state index is -2.43. The molecule has 0 heterocycles. The van der Waals surface area contributed by atoms with Gasteiger partial charge in [-0.2, -0.15) is 0 Å². The topological polar surface area (TPSA) is 130 Å². The second-order valence-electron chi connectivity index (χ2n) is 5.49. The summed E-state index contributed by atoms with van der Waals surface area (Å²) < 4.78 is 14.8. The van der Waals surface area contributed by atoms with Crippen LogP contribution in [0.25, 0.3) is 0 Å². The summed E-state index contributed by atoms with van der Waals surface area (Å²) >= 11 is 0. The van der Waals surface area contributed by atoms with Gasteiger partial charge in [-0.3, -0.25) is 28.8 Å². The molecule has 0 aromatic rings. The normalized spacial score (nSPS) is 10.6. The van der Waals surface area contributed by atoms with Crippen molar-refractivity contribution in [1.29, 1.82) is 0 Å². The van der Waals surface area contributed by atoms with Gasteiger partial charge < -0.3 is 14.2 Å². The third kappa shape index (κ3) is 10.0. The van der Waals surface area contributed by atoms with Crippen LogP contribution >= 0.6 is 0 Å². The number of hydrogen-bond donors (Lipinski definition) is 0. The Hall–Kier alpha value is -2.58. The van der Waals surface area contributed by atoms with E-state index >= 15 is 0 Å². The van der Waals surface area contributed by atoms with E-state index in [9.17, 15) is 28.8 Å². The van der Waals surface area contributed by atoms with Crippen molar-refractivity contribution < 1.29 is 43.0 Å². The number of ether oxygens (including phenoxy) is 3. The Morgan fingerprint density at radius 1 is 0.640 bits per heavy atom. The second-order valence-corrected chi connectivity index (χ2v) is 5.49. The highest BCUT2D eigenvalue weighted by Crippen LogP contribution is 2.25. The van der Waals surface area contributed by atoms with Crippen molar-refractivity contribution in [2.75, 3.05) is 0 Å². The lowest BCUT2D eigenvalue weighted by Crippen LogP contribution is -2.45. The van der Waals surface area contributed by atoms with Gasteiger partial charge in [0.15, 0.2) is 0 Å². The standard InChI is InChI=1S/C16H22O9/c1-5-6-16(23-13(20)7-10(2)17,24-14(21)8-11(3)18)25-15(22)9-12(4)19/h5-9H2,1-4H3. The minimum absolute atomic E-state index is 0.232. The van der Waals surface area contributed by atoms with Gasteiger partial charge >= 0.3 is 23.9 Å². The second kappa shape index (κ2) is 10.3. The zero-order valence-corrected chi connectivity index (χ0v) is 14.7. The van der Waals surface area contributed by atoms with E-state index in [1.807, 2.05) is 0 Å². The molecule has 0 aliphatic carbocycles. The maximum absolute atomic E-state index is 11.8. The first-order valence-corrected chi connectivity index (χ1v) is 7.63. The quantitative estimate of drug-likeness (QED) is 0.301. The molecule has 0 aromatic heterocycles. The molecule has 0 bridgehead atoms. The number of hydrogen-bond acceptors (Lipinski definition) is 9.